The summed E-state index contributed by atoms with van der Waals surface area (Å²) in [6.45, 7) is 8.99. The summed E-state index contributed by atoms with van der Waals surface area (Å²) in [6.07, 6.45) is 1.99. The lowest BCUT2D eigenvalue weighted by molar-refractivity contribution is 0.0938. The molecule has 1 aliphatic rings. The van der Waals surface area contributed by atoms with Crippen LogP contribution in [0.3, 0.4) is 0 Å². The van der Waals surface area contributed by atoms with Crippen LogP contribution >= 0.6 is 0 Å². The molecule has 0 saturated carbocycles. The van der Waals surface area contributed by atoms with Crippen LogP contribution < -0.4 is 20.2 Å². The Labute approximate surface area is 181 Å². The number of hydrogen-bond acceptors (Lipinski definition) is 5. The average molecular weight is 421 g/mol. The zero-order valence-electron chi connectivity index (χ0n) is 18.3. The molecular weight excluding hydrogens is 394 g/mol. The second-order valence-corrected chi connectivity index (χ2v) is 7.85. The first-order chi connectivity index (χ1) is 14.9. The zero-order valence-corrected chi connectivity index (χ0v) is 18.3. The predicted octanol–water partition coefficient (Wildman–Crippen LogP) is 4.82. The standard InChI is InChI=1S/C25H27NO5/c1-5-7-10-30-18-9-8-16(13-20(18)29-6-2)22-21-23(27)17-11-14(3)15(4)12-19(17)31-24(21)25(28)26-22/h8-9,11-13,22H,5-7,10H2,1-4H3,(H,26,28). The van der Waals surface area contributed by atoms with Crippen LogP contribution in [0, 0.1) is 13.8 Å². The van der Waals surface area contributed by atoms with E-state index in [1.807, 2.05) is 51.1 Å². The second-order valence-electron chi connectivity index (χ2n) is 7.85. The minimum absolute atomic E-state index is 0.0759. The van der Waals surface area contributed by atoms with Gasteiger partial charge in [-0.3, -0.25) is 9.59 Å². The molecule has 6 nitrogen and oxygen atoms in total. The molecule has 0 bridgehead atoms. The molecule has 0 radical (unpaired) electrons. The Balaban J connectivity index is 1.80. The Morgan fingerprint density at radius 1 is 1.00 bits per heavy atom. The molecule has 1 N–H and O–H groups in total. The van der Waals surface area contributed by atoms with Gasteiger partial charge in [-0.05, 0) is 68.1 Å². The third-order valence-electron chi connectivity index (χ3n) is 5.67. The highest BCUT2D eigenvalue weighted by molar-refractivity contribution is 5.99. The first-order valence-electron chi connectivity index (χ1n) is 10.7. The minimum atomic E-state index is -0.603. The number of carbonyl (C=O) groups excluding carboxylic acids is 1. The number of fused-ring (bicyclic) bond motifs is 2. The van der Waals surface area contributed by atoms with E-state index < -0.39 is 11.9 Å². The molecule has 1 amide bonds. The fourth-order valence-electron chi connectivity index (χ4n) is 3.83. The minimum Gasteiger partial charge on any atom is -0.490 e. The average Bonchev–Trinajstić information content (AvgIpc) is 3.08. The van der Waals surface area contributed by atoms with Crippen molar-refractivity contribution in [1.82, 2.24) is 5.32 Å². The molecule has 0 aliphatic carbocycles. The molecule has 4 rings (SSSR count). The van der Waals surface area contributed by atoms with E-state index in [2.05, 4.69) is 12.2 Å². The van der Waals surface area contributed by atoms with Crippen molar-refractivity contribution in [2.75, 3.05) is 13.2 Å². The van der Waals surface area contributed by atoms with Crippen LogP contribution in [0.2, 0.25) is 0 Å². The van der Waals surface area contributed by atoms with Crippen LogP contribution in [-0.2, 0) is 0 Å². The third-order valence-corrected chi connectivity index (χ3v) is 5.67. The van der Waals surface area contributed by atoms with Crippen LogP contribution in [0.15, 0.2) is 39.5 Å². The van der Waals surface area contributed by atoms with E-state index in [9.17, 15) is 9.59 Å². The number of amides is 1. The van der Waals surface area contributed by atoms with E-state index in [-0.39, 0.29) is 11.2 Å². The lowest BCUT2D eigenvalue weighted by Gasteiger charge is -2.16. The van der Waals surface area contributed by atoms with E-state index in [0.29, 0.717) is 41.2 Å². The monoisotopic (exact) mass is 421 g/mol. The van der Waals surface area contributed by atoms with Gasteiger partial charge >= 0.3 is 0 Å². The van der Waals surface area contributed by atoms with Gasteiger partial charge < -0.3 is 19.2 Å². The molecule has 2 aromatic carbocycles. The van der Waals surface area contributed by atoms with Crippen molar-refractivity contribution in [2.45, 2.75) is 46.6 Å². The number of hydrogen-bond donors (Lipinski definition) is 1. The van der Waals surface area contributed by atoms with Gasteiger partial charge in [-0.25, -0.2) is 0 Å². The number of carbonyl (C=O) groups is 1. The first kappa shape index (κ1) is 21.0. The fourth-order valence-corrected chi connectivity index (χ4v) is 3.83. The van der Waals surface area contributed by atoms with E-state index in [1.165, 1.54) is 0 Å². The number of rotatable bonds is 7. The van der Waals surface area contributed by atoms with Crippen molar-refractivity contribution >= 4 is 16.9 Å². The topological polar surface area (TPSA) is 77.8 Å². The van der Waals surface area contributed by atoms with Gasteiger partial charge in [0.05, 0.1) is 30.2 Å². The van der Waals surface area contributed by atoms with Crippen LogP contribution in [0.1, 0.15) is 65.5 Å². The molecule has 0 spiro atoms. The second kappa shape index (κ2) is 8.46. The van der Waals surface area contributed by atoms with Gasteiger partial charge in [-0.2, -0.15) is 0 Å². The highest BCUT2D eigenvalue weighted by atomic mass is 16.5. The summed E-state index contributed by atoms with van der Waals surface area (Å²) in [5.41, 5.74) is 3.32. The Morgan fingerprint density at radius 2 is 1.77 bits per heavy atom. The maximum Gasteiger partial charge on any atom is 0.288 e. The molecule has 1 unspecified atom stereocenters. The molecule has 162 valence electrons. The number of nitrogens with one attached hydrogen (secondary N) is 1. The number of ether oxygens (including phenoxy) is 2. The highest BCUT2D eigenvalue weighted by Gasteiger charge is 2.36. The largest absolute Gasteiger partial charge is 0.490 e. The van der Waals surface area contributed by atoms with Gasteiger partial charge in [0.1, 0.15) is 5.58 Å². The number of aryl methyl sites for hydroxylation is 2. The smallest absolute Gasteiger partial charge is 0.288 e. The van der Waals surface area contributed by atoms with Gasteiger partial charge in [0, 0.05) is 0 Å². The summed E-state index contributed by atoms with van der Waals surface area (Å²) in [4.78, 5) is 26.0. The van der Waals surface area contributed by atoms with Crippen molar-refractivity contribution < 1.29 is 18.7 Å². The molecule has 6 heteroatoms. The summed E-state index contributed by atoms with van der Waals surface area (Å²) in [5.74, 6) is 0.932. The zero-order chi connectivity index (χ0) is 22.1. The van der Waals surface area contributed by atoms with E-state index in [0.717, 1.165) is 29.5 Å². The van der Waals surface area contributed by atoms with Crippen LogP contribution in [0.25, 0.3) is 11.0 Å². The van der Waals surface area contributed by atoms with Crippen molar-refractivity contribution in [2.24, 2.45) is 0 Å². The van der Waals surface area contributed by atoms with Crippen molar-refractivity contribution in [3.63, 3.8) is 0 Å². The third kappa shape index (κ3) is 3.78. The Hall–Kier alpha value is -3.28. The van der Waals surface area contributed by atoms with E-state index >= 15 is 0 Å². The number of unbranched alkanes of at least 4 members (excludes halogenated alkanes) is 1. The van der Waals surface area contributed by atoms with Gasteiger partial charge in [0.2, 0.25) is 5.76 Å². The normalized spacial score (nSPS) is 15.1. The summed E-state index contributed by atoms with van der Waals surface area (Å²) in [6, 6.07) is 8.54. The van der Waals surface area contributed by atoms with Crippen molar-refractivity contribution in [3.05, 3.63) is 68.6 Å². The van der Waals surface area contributed by atoms with Crippen molar-refractivity contribution in [1.29, 1.82) is 0 Å². The summed E-state index contributed by atoms with van der Waals surface area (Å²) < 4.78 is 17.5. The molecule has 2 heterocycles. The molecule has 1 aromatic heterocycles. The quantitative estimate of drug-likeness (QED) is 0.554. The number of benzene rings is 2. The Kier molecular flexibility index (Phi) is 5.72. The molecule has 1 aliphatic heterocycles. The Morgan fingerprint density at radius 3 is 2.52 bits per heavy atom. The SMILES string of the molecule is CCCCOc1ccc(C2NC(=O)c3oc4cc(C)c(C)cc4c(=O)c32)cc1OCC. The molecule has 0 fully saturated rings. The molecular formula is C25H27NO5. The maximum absolute atomic E-state index is 13.4. The Bertz CT molecular complexity index is 1210. The van der Waals surface area contributed by atoms with Gasteiger partial charge in [-0.1, -0.05) is 19.4 Å². The van der Waals surface area contributed by atoms with E-state index in [1.54, 1.807) is 0 Å². The summed E-state index contributed by atoms with van der Waals surface area (Å²) >= 11 is 0. The summed E-state index contributed by atoms with van der Waals surface area (Å²) in [7, 11) is 0. The molecule has 3 aromatic rings. The van der Waals surface area contributed by atoms with Crippen molar-refractivity contribution in [3.8, 4) is 11.5 Å². The lowest BCUT2D eigenvalue weighted by atomic mass is 9.98. The van der Waals surface area contributed by atoms with Gasteiger partial charge in [0.25, 0.3) is 5.91 Å². The lowest BCUT2D eigenvalue weighted by Crippen LogP contribution is -2.22. The predicted molar refractivity (Wildman–Crippen MR) is 119 cm³/mol. The van der Waals surface area contributed by atoms with Gasteiger partial charge in [-0.15, -0.1) is 0 Å². The molecule has 1 atom stereocenters. The summed E-state index contributed by atoms with van der Waals surface area (Å²) in [5, 5.41) is 3.37. The van der Waals surface area contributed by atoms with Crippen LogP contribution in [0.4, 0.5) is 0 Å². The fraction of sp³-hybridized carbons (Fsp3) is 0.360. The van der Waals surface area contributed by atoms with Crippen LogP contribution in [0.5, 0.6) is 11.5 Å². The maximum atomic E-state index is 13.4. The molecule has 0 saturated heterocycles. The molecule has 31 heavy (non-hydrogen) atoms. The first-order valence-corrected chi connectivity index (χ1v) is 10.7. The van der Waals surface area contributed by atoms with Gasteiger partial charge in [0.15, 0.2) is 16.9 Å². The highest BCUT2D eigenvalue weighted by Crippen LogP contribution is 2.36. The van der Waals surface area contributed by atoms with E-state index in [4.69, 9.17) is 13.9 Å². The van der Waals surface area contributed by atoms with Crippen LogP contribution in [-0.4, -0.2) is 19.1 Å².